The zero-order valence-electron chi connectivity index (χ0n) is 11.8. The molecule has 0 radical (unpaired) electrons. The minimum absolute atomic E-state index is 0.389. The van der Waals surface area contributed by atoms with Crippen LogP contribution in [0.3, 0.4) is 0 Å². The van der Waals surface area contributed by atoms with Crippen molar-refractivity contribution in [2.45, 2.75) is 38.1 Å². The highest BCUT2D eigenvalue weighted by molar-refractivity contribution is 5.41. The van der Waals surface area contributed by atoms with Crippen molar-refractivity contribution in [1.29, 1.82) is 5.26 Å². The lowest BCUT2D eigenvalue weighted by Gasteiger charge is -2.33. The normalized spacial score (nSPS) is 23.8. The van der Waals surface area contributed by atoms with E-state index in [4.69, 9.17) is 5.26 Å². The van der Waals surface area contributed by atoms with Gasteiger partial charge in [0.25, 0.3) is 0 Å². The van der Waals surface area contributed by atoms with Crippen LogP contribution in [0.1, 0.15) is 37.8 Å². The molecule has 0 spiro atoms. The van der Waals surface area contributed by atoms with E-state index in [1.807, 2.05) is 12.1 Å². The first-order valence-corrected chi connectivity index (χ1v) is 7.59. The van der Waals surface area contributed by atoms with Crippen molar-refractivity contribution in [3.05, 3.63) is 17.8 Å². The van der Waals surface area contributed by atoms with Gasteiger partial charge in [0, 0.05) is 19.1 Å². The molecule has 2 aliphatic rings. The van der Waals surface area contributed by atoms with Gasteiger partial charge in [-0.3, -0.25) is 0 Å². The molecule has 0 aromatic carbocycles. The van der Waals surface area contributed by atoms with E-state index in [1.165, 1.54) is 45.2 Å². The monoisotopic (exact) mass is 271 g/mol. The van der Waals surface area contributed by atoms with Crippen molar-refractivity contribution in [2.24, 2.45) is 0 Å². The first kappa shape index (κ1) is 13.3. The first-order valence-electron chi connectivity index (χ1n) is 7.59. The molecule has 0 amide bonds. The zero-order chi connectivity index (χ0) is 13.8. The van der Waals surface area contributed by atoms with Crippen LogP contribution in [0.4, 0.5) is 5.82 Å². The van der Waals surface area contributed by atoms with Gasteiger partial charge in [-0.05, 0) is 50.9 Å². The lowest BCUT2D eigenvalue weighted by atomic mass is 10.1. The fourth-order valence-electron chi connectivity index (χ4n) is 3.31. The molecule has 0 bridgehead atoms. The average molecular weight is 271 g/mol. The van der Waals surface area contributed by atoms with Crippen LogP contribution >= 0.6 is 0 Å². The summed E-state index contributed by atoms with van der Waals surface area (Å²) in [6, 6.07) is 6.27. The van der Waals surface area contributed by atoms with Gasteiger partial charge in [-0.1, -0.05) is 6.42 Å². The van der Waals surface area contributed by atoms with E-state index in [0.717, 1.165) is 18.9 Å². The van der Waals surface area contributed by atoms with Gasteiger partial charge in [-0.15, -0.1) is 10.2 Å². The molecule has 1 atom stereocenters. The first-order chi connectivity index (χ1) is 9.86. The number of nitriles is 1. The second kappa shape index (κ2) is 6.19. The molecule has 1 aromatic heterocycles. The molecule has 0 saturated carbocycles. The maximum absolute atomic E-state index is 8.79. The molecule has 2 saturated heterocycles. The maximum atomic E-state index is 8.79. The summed E-state index contributed by atoms with van der Waals surface area (Å²) in [5.74, 6) is 0.920. The van der Waals surface area contributed by atoms with Crippen LogP contribution in [0.2, 0.25) is 0 Å². The molecule has 106 valence electrons. The number of nitrogens with zero attached hydrogens (tertiary/aromatic N) is 5. The molecule has 1 aromatic rings. The smallest absolute Gasteiger partial charge is 0.163 e. The number of piperidine rings is 1. The molecular formula is C15H21N5. The maximum Gasteiger partial charge on any atom is 0.163 e. The molecule has 2 fully saturated rings. The quantitative estimate of drug-likeness (QED) is 0.839. The Balaban J connectivity index is 1.66. The second-order valence-electron chi connectivity index (χ2n) is 5.74. The van der Waals surface area contributed by atoms with Crippen LogP contribution in [0, 0.1) is 11.3 Å². The topological polar surface area (TPSA) is 56.1 Å². The van der Waals surface area contributed by atoms with Gasteiger partial charge < -0.3 is 9.80 Å². The minimum Gasteiger partial charge on any atom is -0.351 e. The van der Waals surface area contributed by atoms with Gasteiger partial charge in [0.15, 0.2) is 11.5 Å². The number of rotatable bonds is 3. The van der Waals surface area contributed by atoms with Gasteiger partial charge >= 0.3 is 0 Å². The van der Waals surface area contributed by atoms with Crippen LogP contribution in [0.25, 0.3) is 0 Å². The van der Waals surface area contributed by atoms with E-state index in [1.54, 1.807) is 6.07 Å². The minimum atomic E-state index is 0.389. The standard InChI is InChI=1S/C15H21N5/c16-11-13-6-7-15(18-17-13)20-10-4-5-14(20)12-19-8-2-1-3-9-19/h6-7,14H,1-5,8-10,12H2/t14-/m0/s1. The van der Waals surface area contributed by atoms with Crippen molar-refractivity contribution < 1.29 is 0 Å². The summed E-state index contributed by atoms with van der Waals surface area (Å²) in [6.07, 6.45) is 6.51. The van der Waals surface area contributed by atoms with Crippen molar-refractivity contribution in [3.63, 3.8) is 0 Å². The number of hydrogen-bond donors (Lipinski definition) is 0. The summed E-state index contributed by atoms with van der Waals surface area (Å²) in [7, 11) is 0. The third-order valence-electron chi connectivity index (χ3n) is 4.35. The number of anilines is 1. The lowest BCUT2D eigenvalue weighted by Crippen LogP contribution is -2.42. The van der Waals surface area contributed by atoms with E-state index >= 15 is 0 Å². The third kappa shape index (κ3) is 2.91. The Morgan fingerprint density at radius 3 is 2.65 bits per heavy atom. The molecule has 0 N–H and O–H groups in total. The summed E-state index contributed by atoms with van der Waals surface area (Å²) in [4.78, 5) is 4.95. The van der Waals surface area contributed by atoms with Gasteiger partial charge in [0.05, 0.1) is 0 Å². The molecular weight excluding hydrogens is 250 g/mol. The highest BCUT2D eigenvalue weighted by Gasteiger charge is 2.28. The van der Waals surface area contributed by atoms with Gasteiger partial charge in [-0.2, -0.15) is 5.26 Å². The molecule has 0 aliphatic carbocycles. The van der Waals surface area contributed by atoms with Gasteiger partial charge in [-0.25, -0.2) is 0 Å². The Morgan fingerprint density at radius 1 is 1.10 bits per heavy atom. The molecule has 2 aliphatic heterocycles. The fraction of sp³-hybridized carbons (Fsp3) is 0.667. The van der Waals surface area contributed by atoms with Crippen LogP contribution in [0.5, 0.6) is 0 Å². The van der Waals surface area contributed by atoms with E-state index in [2.05, 4.69) is 20.0 Å². The number of likely N-dealkylation sites (tertiary alicyclic amines) is 1. The Kier molecular flexibility index (Phi) is 4.12. The molecule has 20 heavy (non-hydrogen) atoms. The summed E-state index contributed by atoms with van der Waals surface area (Å²) in [5, 5.41) is 17.0. The Bertz CT molecular complexity index is 472. The van der Waals surface area contributed by atoms with Crippen molar-refractivity contribution in [1.82, 2.24) is 15.1 Å². The average Bonchev–Trinajstić information content (AvgIpc) is 2.96. The third-order valence-corrected chi connectivity index (χ3v) is 4.35. The largest absolute Gasteiger partial charge is 0.351 e. The number of aromatic nitrogens is 2. The zero-order valence-corrected chi connectivity index (χ0v) is 11.8. The van der Waals surface area contributed by atoms with Crippen LogP contribution in [-0.2, 0) is 0 Å². The van der Waals surface area contributed by atoms with Crippen LogP contribution in [0.15, 0.2) is 12.1 Å². The predicted molar refractivity (Wildman–Crippen MR) is 77.4 cm³/mol. The van der Waals surface area contributed by atoms with Gasteiger partial charge in [0.1, 0.15) is 6.07 Å². The van der Waals surface area contributed by atoms with Crippen LogP contribution in [-0.4, -0.2) is 47.3 Å². The fourth-order valence-corrected chi connectivity index (χ4v) is 3.31. The summed E-state index contributed by atoms with van der Waals surface area (Å²) < 4.78 is 0. The SMILES string of the molecule is N#Cc1ccc(N2CCC[C@H]2CN2CCCCC2)nn1. The summed E-state index contributed by atoms with van der Waals surface area (Å²) >= 11 is 0. The molecule has 5 nitrogen and oxygen atoms in total. The highest BCUT2D eigenvalue weighted by atomic mass is 15.3. The highest BCUT2D eigenvalue weighted by Crippen LogP contribution is 2.24. The van der Waals surface area contributed by atoms with Gasteiger partial charge in [0.2, 0.25) is 0 Å². The van der Waals surface area contributed by atoms with Crippen molar-refractivity contribution in [2.75, 3.05) is 31.1 Å². The predicted octanol–water partition coefficient (Wildman–Crippen LogP) is 1.80. The molecule has 3 heterocycles. The van der Waals surface area contributed by atoms with E-state index < -0.39 is 0 Å². The van der Waals surface area contributed by atoms with E-state index in [-0.39, 0.29) is 0 Å². The summed E-state index contributed by atoms with van der Waals surface area (Å²) in [6.45, 7) is 4.67. The Morgan fingerprint density at radius 2 is 1.95 bits per heavy atom. The molecule has 0 unspecified atom stereocenters. The molecule has 5 heteroatoms. The van der Waals surface area contributed by atoms with Crippen molar-refractivity contribution >= 4 is 5.82 Å². The van der Waals surface area contributed by atoms with Crippen LogP contribution < -0.4 is 4.90 Å². The van der Waals surface area contributed by atoms with E-state index in [9.17, 15) is 0 Å². The number of hydrogen-bond acceptors (Lipinski definition) is 5. The van der Waals surface area contributed by atoms with E-state index in [0.29, 0.717) is 11.7 Å². The molecule has 3 rings (SSSR count). The second-order valence-corrected chi connectivity index (χ2v) is 5.74. The Hall–Kier alpha value is -1.67. The summed E-state index contributed by atoms with van der Waals surface area (Å²) in [5.41, 5.74) is 0.389. The van der Waals surface area contributed by atoms with Crippen molar-refractivity contribution in [3.8, 4) is 6.07 Å². The Labute approximate surface area is 120 Å². The lowest BCUT2D eigenvalue weighted by molar-refractivity contribution is 0.216.